The third-order valence-electron chi connectivity index (χ3n) is 6.87. The number of anilines is 2. The SMILES string of the molecule is C[C@H]1COCCN1c1cc(C2(S(=O)(=O)CCCO)CC2)nc(-c2ccc(NC(=O)NCCS(C)(=O)=O)cc2)n1. The molecule has 3 N–H and O–H groups in total. The lowest BCUT2D eigenvalue weighted by Gasteiger charge is -2.34. The quantitative estimate of drug-likeness (QED) is 0.352. The van der Waals surface area contributed by atoms with Crippen molar-refractivity contribution in [3.05, 3.63) is 36.0 Å². The van der Waals surface area contributed by atoms with Gasteiger partial charge in [-0.3, -0.25) is 0 Å². The number of rotatable bonds is 11. The number of hydrogen-bond acceptors (Lipinski definition) is 10. The van der Waals surface area contributed by atoms with Crippen molar-refractivity contribution in [2.24, 2.45) is 0 Å². The Bertz CT molecular complexity index is 1390. The molecule has 0 bridgehead atoms. The van der Waals surface area contributed by atoms with Crippen molar-refractivity contribution in [1.29, 1.82) is 0 Å². The van der Waals surface area contributed by atoms with Crippen LogP contribution in [0.5, 0.6) is 0 Å². The lowest BCUT2D eigenvalue weighted by atomic mass is 10.1. The molecule has 2 amide bonds. The molecular formula is C25H35N5O7S2. The largest absolute Gasteiger partial charge is 0.396 e. The van der Waals surface area contributed by atoms with E-state index in [4.69, 9.17) is 14.7 Å². The van der Waals surface area contributed by atoms with E-state index in [-0.39, 0.29) is 37.1 Å². The van der Waals surface area contributed by atoms with Crippen LogP contribution in [-0.4, -0.2) is 94.7 Å². The Hall–Kier alpha value is -2.81. The Balaban J connectivity index is 1.61. The summed E-state index contributed by atoms with van der Waals surface area (Å²) in [5, 5.41) is 14.4. The average Bonchev–Trinajstić information content (AvgIpc) is 3.70. The Morgan fingerprint density at radius 2 is 1.87 bits per heavy atom. The van der Waals surface area contributed by atoms with Crippen LogP contribution in [0.15, 0.2) is 30.3 Å². The number of aromatic nitrogens is 2. The molecule has 1 saturated heterocycles. The summed E-state index contributed by atoms with van der Waals surface area (Å²) in [6.45, 7) is 3.49. The van der Waals surface area contributed by atoms with Gasteiger partial charge < -0.3 is 25.4 Å². The molecule has 214 valence electrons. The predicted molar refractivity (Wildman–Crippen MR) is 148 cm³/mol. The smallest absolute Gasteiger partial charge is 0.319 e. The topological polar surface area (TPSA) is 168 Å². The maximum Gasteiger partial charge on any atom is 0.319 e. The number of urea groups is 1. The molecule has 1 atom stereocenters. The predicted octanol–water partition coefficient (Wildman–Crippen LogP) is 1.32. The molecule has 1 saturated carbocycles. The molecule has 39 heavy (non-hydrogen) atoms. The number of amides is 2. The molecule has 14 heteroatoms. The number of benzene rings is 1. The first kappa shape index (κ1) is 29.2. The Labute approximate surface area is 229 Å². The van der Waals surface area contributed by atoms with Crippen LogP contribution in [0.3, 0.4) is 0 Å². The van der Waals surface area contributed by atoms with Gasteiger partial charge in [0.1, 0.15) is 20.4 Å². The average molecular weight is 582 g/mol. The molecular weight excluding hydrogens is 546 g/mol. The zero-order valence-electron chi connectivity index (χ0n) is 22.1. The van der Waals surface area contributed by atoms with E-state index in [1.54, 1.807) is 30.3 Å². The monoisotopic (exact) mass is 581 g/mol. The van der Waals surface area contributed by atoms with E-state index in [1.807, 2.05) is 6.92 Å². The van der Waals surface area contributed by atoms with Gasteiger partial charge in [0.2, 0.25) is 0 Å². The molecule has 1 aliphatic carbocycles. The van der Waals surface area contributed by atoms with E-state index in [2.05, 4.69) is 15.5 Å². The van der Waals surface area contributed by atoms with E-state index >= 15 is 0 Å². The van der Waals surface area contributed by atoms with Gasteiger partial charge in [0.15, 0.2) is 15.7 Å². The molecule has 2 aliphatic rings. The second-order valence-corrected chi connectivity index (χ2v) is 14.7. The summed E-state index contributed by atoms with van der Waals surface area (Å²) >= 11 is 0. The number of hydrogen-bond donors (Lipinski definition) is 3. The van der Waals surface area contributed by atoms with E-state index in [1.165, 1.54) is 0 Å². The fourth-order valence-corrected chi connectivity index (χ4v) is 7.05. The maximum absolute atomic E-state index is 13.3. The summed E-state index contributed by atoms with van der Waals surface area (Å²) in [6, 6.07) is 8.09. The number of morpholine rings is 1. The van der Waals surface area contributed by atoms with Crippen LogP contribution in [0, 0.1) is 0 Å². The number of ether oxygens (including phenoxy) is 1. The molecule has 2 heterocycles. The number of aliphatic hydroxyl groups is 1. The van der Waals surface area contributed by atoms with E-state index in [0.29, 0.717) is 61.2 Å². The second-order valence-electron chi connectivity index (χ2n) is 10.0. The molecule has 2 fully saturated rings. The van der Waals surface area contributed by atoms with Crippen LogP contribution >= 0.6 is 0 Å². The van der Waals surface area contributed by atoms with Crippen LogP contribution in [0.25, 0.3) is 11.4 Å². The summed E-state index contributed by atoms with van der Waals surface area (Å²) in [6.07, 6.45) is 2.20. The van der Waals surface area contributed by atoms with Crippen LogP contribution in [0.4, 0.5) is 16.3 Å². The fraction of sp³-hybridized carbons (Fsp3) is 0.560. The zero-order chi connectivity index (χ0) is 28.3. The molecule has 1 aromatic carbocycles. The fourth-order valence-electron chi connectivity index (χ4n) is 4.53. The van der Waals surface area contributed by atoms with Crippen molar-refractivity contribution >= 4 is 37.2 Å². The number of carbonyl (C=O) groups excluding carboxylic acids is 1. The molecule has 1 aromatic heterocycles. The van der Waals surface area contributed by atoms with E-state index in [0.717, 1.165) is 6.26 Å². The first-order valence-corrected chi connectivity index (χ1v) is 16.6. The third-order valence-corrected chi connectivity index (χ3v) is 10.5. The second kappa shape index (κ2) is 11.7. The standard InChI is InChI=1S/C25H35N5O7S2/c1-18-17-37-13-11-30(18)22-16-21(25(8-9-25)39(35,36)14-3-12-31)28-23(29-22)19-4-6-20(7-5-19)27-24(32)26-10-15-38(2,33)34/h4-7,16,18,31H,3,8-15,17H2,1-2H3,(H2,26,27,32)/t18-/m0/s1. The minimum absolute atomic E-state index is 0.00488. The van der Waals surface area contributed by atoms with Gasteiger partial charge in [-0.2, -0.15) is 0 Å². The summed E-state index contributed by atoms with van der Waals surface area (Å²) in [7, 11) is -6.73. The van der Waals surface area contributed by atoms with Crippen molar-refractivity contribution in [2.75, 3.05) is 60.9 Å². The number of sulfone groups is 2. The summed E-state index contributed by atoms with van der Waals surface area (Å²) < 4.78 is 53.5. The lowest BCUT2D eigenvalue weighted by Crippen LogP contribution is -2.44. The highest BCUT2D eigenvalue weighted by molar-refractivity contribution is 7.92. The van der Waals surface area contributed by atoms with E-state index < -0.39 is 30.5 Å². The van der Waals surface area contributed by atoms with Gasteiger partial charge in [-0.15, -0.1) is 0 Å². The van der Waals surface area contributed by atoms with Gasteiger partial charge >= 0.3 is 6.03 Å². The maximum atomic E-state index is 13.3. The number of nitrogens with one attached hydrogen (secondary N) is 2. The molecule has 0 spiro atoms. The summed E-state index contributed by atoms with van der Waals surface area (Å²) in [4.78, 5) is 23.7. The molecule has 0 unspecified atom stereocenters. The van der Waals surface area contributed by atoms with Crippen molar-refractivity contribution in [3.8, 4) is 11.4 Å². The van der Waals surface area contributed by atoms with Gasteiger partial charge in [-0.1, -0.05) is 0 Å². The van der Waals surface area contributed by atoms with Crippen molar-refractivity contribution in [2.45, 2.75) is 37.0 Å². The Morgan fingerprint density at radius 3 is 2.49 bits per heavy atom. The molecule has 4 rings (SSSR count). The number of carbonyl (C=O) groups is 1. The lowest BCUT2D eigenvalue weighted by molar-refractivity contribution is 0.0985. The van der Waals surface area contributed by atoms with Gasteiger partial charge in [-0.25, -0.2) is 31.6 Å². The minimum atomic E-state index is -3.55. The van der Waals surface area contributed by atoms with Crippen LogP contribution in [0.2, 0.25) is 0 Å². The third kappa shape index (κ3) is 7.04. The van der Waals surface area contributed by atoms with Crippen molar-refractivity contribution < 1.29 is 31.5 Å². The van der Waals surface area contributed by atoms with Crippen LogP contribution in [-0.2, 0) is 29.2 Å². The summed E-state index contributed by atoms with van der Waals surface area (Å²) in [5.74, 6) is 0.725. The zero-order valence-corrected chi connectivity index (χ0v) is 23.7. The highest BCUT2D eigenvalue weighted by atomic mass is 32.2. The van der Waals surface area contributed by atoms with Crippen LogP contribution in [0.1, 0.15) is 31.9 Å². The van der Waals surface area contributed by atoms with Gasteiger partial charge in [0, 0.05) is 43.3 Å². The normalized spacial score (nSPS) is 18.9. The van der Waals surface area contributed by atoms with Gasteiger partial charge in [-0.05, 0) is 50.5 Å². The Kier molecular flexibility index (Phi) is 8.78. The van der Waals surface area contributed by atoms with Gasteiger partial charge in [0.05, 0.1) is 36.5 Å². The van der Waals surface area contributed by atoms with Crippen molar-refractivity contribution in [1.82, 2.24) is 15.3 Å². The molecule has 0 radical (unpaired) electrons. The number of aliphatic hydroxyl groups excluding tert-OH is 1. The molecule has 12 nitrogen and oxygen atoms in total. The minimum Gasteiger partial charge on any atom is -0.396 e. The molecule has 2 aromatic rings. The number of nitrogens with zero attached hydrogens (tertiary/aromatic N) is 3. The van der Waals surface area contributed by atoms with E-state index in [9.17, 15) is 26.7 Å². The highest BCUT2D eigenvalue weighted by Gasteiger charge is 2.56. The Morgan fingerprint density at radius 1 is 1.15 bits per heavy atom. The molecule has 1 aliphatic heterocycles. The highest BCUT2D eigenvalue weighted by Crippen LogP contribution is 2.53. The summed E-state index contributed by atoms with van der Waals surface area (Å²) in [5.41, 5.74) is 1.58. The van der Waals surface area contributed by atoms with Gasteiger partial charge in [0.25, 0.3) is 0 Å². The first-order valence-electron chi connectivity index (χ1n) is 12.8. The first-order chi connectivity index (χ1) is 18.4. The van der Waals surface area contributed by atoms with Crippen molar-refractivity contribution in [3.63, 3.8) is 0 Å². The van der Waals surface area contributed by atoms with Crippen LogP contribution < -0.4 is 15.5 Å².